The summed E-state index contributed by atoms with van der Waals surface area (Å²) in [5.41, 5.74) is 0.909. The average molecular weight is 596 g/mol. The molecule has 0 spiro atoms. The maximum absolute atomic E-state index is 14.3. The van der Waals surface area contributed by atoms with Gasteiger partial charge in [-0.1, -0.05) is 59.1 Å². The number of amides is 2. The van der Waals surface area contributed by atoms with Gasteiger partial charge in [0.15, 0.2) is 0 Å². The second-order valence-electron chi connectivity index (χ2n) is 9.65. The molecule has 0 aromatic heterocycles. The molecule has 0 radical (unpaired) electrons. The Balaban J connectivity index is 1.65. The number of nitrogens with one attached hydrogen (secondary N) is 1. The molecular formula is C29H30Cl3FN2O4. The van der Waals surface area contributed by atoms with E-state index in [1.165, 1.54) is 12.1 Å². The van der Waals surface area contributed by atoms with Crippen LogP contribution in [0.1, 0.15) is 37.8 Å². The van der Waals surface area contributed by atoms with Crippen LogP contribution in [0.2, 0.25) is 15.1 Å². The molecule has 3 aromatic rings. The van der Waals surface area contributed by atoms with E-state index in [1.807, 2.05) is 12.1 Å². The molecule has 6 nitrogen and oxygen atoms in total. The Bertz CT molecular complexity index is 1280. The van der Waals surface area contributed by atoms with E-state index in [2.05, 4.69) is 5.32 Å². The lowest BCUT2D eigenvalue weighted by atomic mass is 10.1. The van der Waals surface area contributed by atoms with Gasteiger partial charge in [0.2, 0.25) is 0 Å². The van der Waals surface area contributed by atoms with Crippen molar-refractivity contribution in [3.63, 3.8) is 0 Å². The third kappa shape index (κ3) is 9.31. The Labute approximate surface area is 242 Å². The Morgan fingerprint density at radius 2 is 1.62 bits per heavy atom. The lowest BCUT2D eigenvalue weighted by molar-refractivity contribution is -0.140. The van der Waals surface area contributed by atoms with Crippen molar-refractivity contribution in [1.82, 2.24) is 4.90 Å². The number of aryl methyl sites for hydroxylation is 1. The number of aliphatic carboxylic acids is 1. The van der Waals surface area contributed by atoms with Gasteiger partial charge in [0.1, 0.15) is 17.2 Å². The summed E-state index contributed by atoms with van der Waals surface area (Å²) in [6, 6.07) is 16.5. The minimum absolute atomic E-state index is 0.120. The van der Waals surface area contributed by atoms with Crippen molar-refractivity contribution in [2.75, 3.05) is 18.4 Å². The van der Waals surface area contributed by atoms with Crippen LogP contribution in [0.4, 0.5) is 14.9 Å². The molecule has 0 saturated carbocycles. The number of hydrogen-bond donors (Lipinski definition) is 2. The first-order chi connectivity index (χ1) is 18.4. The highest BCUT2D eigenvalue weighted by Crippen LogP contribution is 2.30. The van der Waals surface area contributed by atoms with Crippen molar-refractivity contribution in [2.24, 2.45) is 0 Å². The first-order valence-corrected chi connectivity index (χ1v) is 13.5. The van der Waals surface area contributed by atoms with Gasteiger partial charge in [-0.25, -0.2) is 9.18 Å². The summed E-state index contributed by atoms with van der Waals surface area (Å²) in [5.74, 6) is -0.777. The molecule has 2 N–H and O–H groups in total. The Morgan fingerprint density at radius 3 is 2.28 bits per heavy atom. The molecule has 0 bridgehead atoms. The molecule has 0 aliphatic carbocycles. The maximum atomic E-state index is 14.3. The summed E-state index contributed by atoms with van der Waals surface area (Å²) in [4.78, 5) is 25.8. The van der Waals surface area contributed by atoms with Gasteiger partial charge in [0.25, 0.3) is 0 Å². The van der Waals surface area contributed by atoms with Gasteiger partial charge in [0.05, 0.1) is 22.2 Å². The van der Waals surface area contributed by atoms with E-state index in [0.717, 1.165) is 5.56 Å². The van der Waals surface area contributed by atoms with Crippen LogP contribution in [-0.4, -0.2) is 40.7 Å². The van der Waals surface area contributed by atoms with Crippen molar-refractivity contribution in [3.8, 4) is 5.75 Å². The van der Waals surface area contributed by atoms with Crippen LogP contribution in [0, 0.1) is 5.82 Å². The van der Waals surface area contributed by atoms with Crippen LogP contribution in [0.15, 0.2) is 60.7 Å². The van der Waals surface area contributed by atoms with Crippen LogP contribution in [0.25, 0.3) is 0 Å². The minimum Gasteiger partial charge on any atom is -0.487 e. The molecule has 0 saturated heterocycles. The predicted molar refractivity (Wildman–Crippen MR) is 154 cm³/mol. The molecule has 0 unspecified atom stereocenters. The number of nitrogens with zero attached hydrogens (tertiary/aromatic N) is 1. The molecule has 208 valence electrons. The van der Waals surface area contributed by atoms with E-state index in [-0.39, 0.29) is 24.4 Å². The number of carboxylic acid groups (broad SMARTS) is 1. The Kier molecular flexibility index (Phi) is 10.9. The van der Waals surface area contributed by atoms with E-state index in [4.69, 9.17) is 44.6 Å². The molecule has 0 aliphatic rings. The van der Waals surface area contributed by atoms with Gasteiger partial charge in [-0.2, -0.15) is 0 Å². The molecule has 39 heavy (non-hydrogen) atoms. The summed E-state index contributed by atoms with van der Waals surface area (Å²) >= 11 is 18.5. The first kappa shape index (κ1) is 30.5. The second kappa shape index (κ2) is 13.9. The number of carbonyl (C=O) groups is 2. The summed E-state index contributed by atoms with van der Waals surface area (Å²) in [6.45, 7) is 4.07. The lowest BCUT2D eigenvalue weighted by Gasteiger charge is -2.25. The third-order valence-electron chi connectivity index (χ3n) is 5.96. The highest BCUT2D eigenvalue weighted by molar-refractivity contribution is 6.44. The summed E-state index contributed by atoms with van der Waals surface area (Å²) < 4.78 is 20.1. The zero-order valence-electron chi connectivity index (χ0n) is 21.6. The number of halogens is 4. The number of ether oxygens (including phenoxy) is 1. The van der Waals surface area contributed by atoms with Gasteiger partial charge in [0, 0.05) is 23.7 Å². The number of rotatable bonds is 12. The summed E-state index contributed by atoms with van der Waals surface area (Å²) in [6.07, 6.45) is 1.42. The molecule has 3 aromatic carbocycles. The zero-order chi connectivity index (χ0) is 28.6. The van der Waals surface area contributed by atoms with Crippen molar-refractivity contribution < 1.29 is 23.8 Å². The molecule has 0 fully saturated rings. The fraction of sp³-hybridized carbons (Fsp3) is 0.310. The maximum Gasteiger partial charge on any atom is 0.321 e. The fourth-order valence-corrected chi connectivity index (χ4v) is 4.65. The van der Waals surface area contributed by atoms with Crippen LogP contribution in [0.5, 0.6) is 5.75 Å². The van der Waals surface area contributed by atoms with E-state index < -0.39 is 23.4 Å². The molecule has 10 heteroatoms. The molecule has 2 amide bonds. The molecule has 0 aliphatic heterocycles. The van der Waals surface area contributed by atoms with E-state index in [0.29, 0.717) is 46.4 Å². The van der Waals surface area contributed by atoms with E-state index in [1.54, 1.807) is 55.1 Å². The predicted octanol–water partition coefficient (Wildman–Crippen LogP) is 8.13. The Morgan fingerprint density at radius 1 is 0.949 bits per heavy atom. The van der Waals surface area contributed by atoms with Crippen molar-refractivity contribution in [3.05, 3.63) is 92.7 Å². The molecule has 3 rings (SSSR count). The normalized spacial score (nSPS) is 11.2. The highest BCUT2D eigenvalue weighted by atomic mass is 35.5. The largest absolute Gasteiger partial charge is 0.487 e. The molecule has 0 atom stereocenters. The van der Waals surface area contributed by atoms with Gasteiger partial charge in [-0.05, 0) is 75.1 Å². The number of anilines is 1. The Hall–Kier alpha value is -3.00. The lowest BCUT2D eigenvalue weighted by Crippen LogP contribution is -2.37. The van der Waals surface area contributed by atoms with Gasteiger partial charge in [-0.15, -0.1) is 0 Å². The van der Waals surface area contributed by atoms with Crippen molar-refractivity contribution in [2.45, 2.75) is 45.1 Å². The fourth-order valence-electron chi connectivity index (χ4n) is 4.04. The highest BCUT2D eigenvalue weighted by Gasteiger charge is 2.24. The van der Waals surface area contributed by atoms with Gasteiger partial charge in [-0.3, -0.25) is 4.79 Å². The van der Waals surface area contributed by atoms with Crippen molar-refractivity contribution >= 4 is 52.5 Å². The molecule has 0 heterocycles. The second-order valence-corrected chi connectivity index (χ2v) is 10.8. The van der Waals surface area contributed by atoms with E-state index in [9.17, 15) is 14.0 Å². The zero-order valence-corrected chi connectivity index (χ0v) is 23.9. The van der Waals surface area contributed by atoms with Gasteiger partial charge >= 0.3 is 12.0 Å². The SMILES string of the molecule is CC(C)(CC(=O)O)Oc1ccc(CCCN(CCc2c(F)cccc2Cl)C(=O)Nc2cccc(Cl)c2Cl)cc1. The number of hydrogen-bond acceptors (Lipinski definition) is 3. The van der Waals surface area contributed by atoms with Crippen LogP contribution in [0.3, 0.4) is 0 Å². The number of carboxylic acids is 1. The summed E-state index contributed by atoms with van der Waals surface area (Å²) in [5, 5.41) is 12.7. The standard InChI is InChI=1S/C29H30Cl3FN2O4/c1-29(2,18-26(36)37)39-20-13-11-19(12-14-20)6-5-16-35(17-15-21-22(30)7-3-9-24(21)33)28(38)34-25-10-4-8-23(31)27(25)32/h3-4,7-14H,5-6,15-18H2,1-2H3,(H,34,38)(H,36,37). The van der Waals surface area contributed by atoms with Crippen LogP contribution < -0.4 is 10.1 Å². The smallest absolute Gasteiger partial charge is 0.321 e. The minimum atomic E-state index is -0.930. The van der Waals surface area contributed by atoms with Gasteiger partial charge < -0.3 is 20.1 Å². The molecular weight excluding hydrogens is 566 g/mol. The number of carbonyl (C=O) groups excluding carboxylic acids is 1. The van der Waals surface area contributed by atoms with Crippen LogP contribution >= 0.6 is 34.8 Å². The first-order valence-electron chi connectivity index (χ1n) is 12.4. The summed E-state index contributed by atoms with van der Waals surface area (Å²) in [7, 11) is 0. The topological polar surface area (TPSA) is 78.9 Å². The van der Waals surface area contributed by atoms with Crippen molar-refractivity contribution in [1.29, 1.82) is 0 Å². The number of urea groups is 1. The monoisotopic (exact) mass is 594 g/mol. The number of benzene rings is 3. The average Bonchev–Trinajstić information content (AvgIpc) is 2.85. The van der Waals surface area contributed by atoms with E-state index >= 15 is 0 Å². The van der Waals surface area contributed by atoms with Crippen LogP contribution in [-0.2, 0) is 17.6 Å². The quantitative estimate of drug-likeness (QED) is 0.222. The third-order valence-corrected chi connectivity index (χ3v) is 7.13.